The largest absolute Gasteiger partial charge is 0.383 e. The van der Waals surface area contributed by atoms with Gasteiger partial charge in [0.25, 0.3) is 0 Å². The molecule has 0 aromatic carbocycles. The Bertz CT molecular complexity index is 803. The molecule has 7 nitrogen and oxygen atoms in total. The lowest BCUT2D eigenvalue weighted by Crippen LogP contribution is -2.22. The van der Waals surface area contributed by atoms with Crippen molar-refractivity contribution in [3.05, 3.63) is 52.5 Å². The molecular formula is C16H18BrN7. The molecule has 124 valence electrons. The summed E-state index contributed by atoms with van der Waals surface area (Å²) in [6, 6.07) is 7.90. The highest BCUT2D eigenvalue weighted by molar-refractivity contribution is 9.10. The van der Waals surface area contributed by atoms with Crippen molar-refractivity contribution < 1.29 is 0 Å². The molecule has 8 heteroatoms. The van der Waals surface area contributed by atoms with Crippen LogP contribution in [0.25, 0.3) is 0 Å². The van der Waals surface area contributed by atoms with Crippen LogP contribution in [0.2, 0.25) is 0 Å². The van der Waals surface area contributed by atoms with E-state index in [4.69, 9.17) is 5.73 Å². The maximum atomic E-state index is 5.90. The fourth-order valence-electron chi connectivity index (χ4n) is 2.32. The van der Waals surface area contributed by atoms with Crippen LogP contribution in [0.3, 0.4) is 0 Å². The highest BCUT2D eigenvalue weighted by atomic mass is 79.9. The van der Waals surface area contributed by atoms with E-state index < -0.39 is 0 Å². The van der Waals surface area contributed by atoms with Gasteiger partial charge in [-0.3, -0.25) is 15.0 Å². The summed E-state index contributed by atoms with van der Waals surface area (Å²) in [6.45, 7) is 2.67. The zero-order valence-corrected chi connectivity index (χ0v) is 14.9. The van der Waals surface area contributed by atoms with E-state index in [1.54, 1.807) is 6.20 Å². The third-order valence-electron chi connectivity index (χ3n) is 3.51. The van der Waals surface area contributed by atoms with Crippen molar-refractivity contribution in [3.8, 4) is 0 Å². The number of H-pyrrole nitrogens is 1. The molecule has 0 bridgehead atoms. The summed E-state index contributed by atoms with van der Waals surface area (Å²) in [5.74, 6) is 1.71. The van der Waals surface area contributed by atoms with Crippen LogP contribution in [-0.2, 0) is 6.42 Å². The number of aromatic nitrogens is 5. The fourth-order valence-corrected chi connectivity index (χ4v) is 2.51. The van der Waals surface area contributed by atoms with Crippen LogP contribution in [0, 0.1) is 6.92 Å². The highest BCUT2D eigenvalue weighted by Crippen LogP contribution is 2.24. The van der Waals surface area contributed by atoms with E-state index in [1.807, 2.05) is 42.3 Å². The molecule has 0 saturated carbocycles. The summed E-state index contributed by atoms with van der Waals surface area (Å²) in [7, 11) is 0. The lowest BCUT2D eigenvalue weighted by Gasteiger charge is -2.20. The highest BCUT2D eigenvalue weighted by Gasteiger charge is 2.16. The van der Waals surface area contributed by atoms with Crippen molar-refractivity contribution >= 4 is 33.5 Å². The number of hydrogen-bond acceptors (Lipinski definition) is 6. The molecule has 0 radical (unpaired) electrons. The summed E-state index contributed by atoms with van der Waals surface area (Å²) < 4.78 is 0.679. The summed E-state index contributed by atoms with van der Waals surface area (Å²) in [4.78, 5) is 15.0. The maximum Gasteiger partial charge on any atom is 0.233 e. The molecular weight excluding hydrogens is 370 g/mol. The normalized spacial score (nSPS) is 10.8. The summed E-state index contributed by atoms with van der Waals surface area (Å²) in [5, 5.41) is 7.28. The Labute approximate surface area is 148 Å². The monoisotopic (exact) mass is 387 g/mol. The van der Waals surface area contributed by atoms with E-state index in [-0.39, 0.29) is 0 Å². The summed E-state index contributed by atoms with van der Waals surface area (Å²) in [6.07, 6.45) is 5.22. The van der Waals surface area contributed by atoms with Gasteiger partial charge in [0.15, 0.2) is 5.82 Å². The number of aryl methyl sites for hydroxylation is 2. The molecule has 0 fully saturated rings. The Morgan fingerprint density at radius 1 is 1.29 bits per heavy atom. The molecule has 0 saturated heterocycles. The Morgan fingerprint density at radius 3 is 2.83 bits per heavy atom. The van der Waals surface area contributed by atoms with Crippen LogP contribution >= 0.6 is 15.9 Å². The van der Waals surface area contributed by atoms with Crippen LogP contribution in [0.15, 0.2) is 41.1 Å². The Kier molecular flexibility index (Phi) is 5.05. The smallest absolute Gasteiger partial charge is 0.233 e. The predicted molar refractivity (Wildman–Crippen MR) is 97.0 cm³/mol. The molecule has 3 heterocycles. The molecule has 0 aliphatic carbocycles. The minimum Gasteiger partial charge on any atom is -0.383 e. The van der Waals surface area contributed by atoms with Gasteiger partial charge in [-0.1, -0.05) is 6.07 Å². The molecule has 0 spiro atoms. The van der Waals surface area contributed by atoms with Gasteiger partial charge in [-0.05, 0) is 47.8 Å². The van der Waals surface area contributed by atoms with Crippen LogP contribution in [0.5, 0.6) is 0 Å². The first-order valence-corrected chi connectivity index (χ1v) is 8.40. The second kappa shape index (κ2) is 7.39. The van der Waals surface area contributed by atoms with Crippen molar-refractivity contribution in [1.82, 2.24) is 25.1 Å². The van der Waals surface area contributed by atoms with E-state index in [0.29, 0.717) is 22.8 Å². The quantitative estimate of drug-likeness (QED) is 0.674. The first kappa shape index (κ1) is 16.4. The van der Waals surface area contributed by atoms with Gasteiger partial charge < -0.3 is 5.73 Å². The molecule has 3 aromatic heterocycles. The van der Waals surface area contributed by atoms with Gasteiger partial charge in [0.05, 0.1) is 4.47 Å². The molecule has 0 aliphatic heterocycles. The molecule has 0 atom stereocenters. The van der Waals surface area contributed by atoms with E-state index in [0.717, 1.165) is 30.0 Å². The average molecular weight is 388 g/mol. The second-order valence-electron chi connectivity index (χ2n) is 5.39. The number of halogens is 1. The summed E-state index contributed by atoms with van der Waals surface area (Å²) >= 11 is 3.32. The Balaban J connectivity index is 1.78. The lowest BCUT2D eigenvalue weighted by atomic mass is 10.2. The minimum absolute atomic E-state index is 0.405. The predicted octanol–water partition coefficient (Wildman–Crippen LogP) is 3.02. The van der Waals surface area contributed by atoms with Crippen molar-refractivity contribution in [2.24, 2.45) is 0 Å². The molecule has 3 N–H and O–H groups in total. The number of anilines is 3. The molecule has 0 amide bonds. The first-order chi connectivity index (χ1) is 11.6. The van der Waals surface area contributed by atoms with E-state index in [1.165, 1.54) is 0 Å². The van der Waals surface area contributed by atoms with Gasteiger partial charge in [0, 0.05) is 36.4 Å². The fraction of sp³-hybridized carbons (Fsp3) is 0.250. The Morgan fingerprint density at radius 2 is 2.17 bits per heavy atom. The van der Waals surface area contributed by atoms with Gasteiger partial charge in [0.1, 0.15) is 5.82 Å². The second-order valence-corrected chi connectivity index (χ2v) is 6.24. The molecule has 0 aliphatic rings. The number of nitrogen functional groups attached to an aromatic ring is 1. The standard InChI is InChI=1S/C16H18BrN7/c1-11-9-14(23-22-11)24(16-20-10-13(17)15(18)21-16)8-4-6-12-5-2-3-7-19-12/h2-3,5,7,9-10H,4,6,8H2,1H3,(H,22,23)(H2,18,20,21). The van der Waals surface area contributed by atoms with Gasteiger partial charge >= 0.3 is 0 Å². The van der Waals surface area contributed by atoms with Crippen LogP contribution < -0.4 is 10.6 Å². The number of rotatable bonds is 6. The number of aromatic amines is 1. The molecule has 3 rings (SSSR count). The SMILES string of the molecule is Cc1cc(N(CCCc2ccccn2)c2ncc(Br)c(N)n2)n[nH]1. The van der Waals surface area contributed by atoms with Gasteiger partial charge in [-0.15, -0.1) is 0 Å². The topological polar surface area (TPSA) is 96.6 Å². The van der Waals surface area contributed by atoms with Crippen molar-refractivity contribution in [2.75, 3.05) is 17.2 Å². The lowest BCUT2D eigenvalue weighted by molar-refractivity contribution is 0.767. The van der Waals surface area contributed by atoms with Crippen molar-refractivity contribution in [1.29, 1.82) is 0 Å². The molecule has 0 unspecified atom stereocenters. The van der Waals surface area contributed by atoms with Gasteiger partial charge in [0.2, 0.25) is 5.95 Å². The molecule has 24 heavy (non-hydrogen) atoms. The zero-order valence-electron chi connectivity index (χ0n) is 13.3. The number of hydrogen-bond donors (Lipinski definition) is 2. The molecule has 3 aromatic rings. The van der Waals surface area contributed by atoms with E-state index in [9.17, 15) is 0 Å². The first-order valence-electron chi connectivity index (χ1n) is 7.61. The maximum absolute atomic E-state index is 5.90. The number of pyridine rings is 1. The van der Waals surface area contributed by atoms with E-state index in [2.05, 4.69) is 41.1 Å². The van der Waals surface area contributed by atoms with Crippen LogP contribution in [0.4, 0.5) is 17.6 Å². The third-order valence-corrected chi connectivity index (χ3v) is 4.12. The number of nitrogens with zero attached hydrogens (tertiary/aromatic N) is 5. The minimum atomic E-state index is 0.405. The van der Waals surface area contributed by atoms with Gasteiger partial charge in [-0.2, -0.15) is 10.1 Å². The van der Waals surface area contributed by atoms with Gasteiger partial charge in [-0.25, -0.2) is 4.98 Å². The third kappa shape index (κ3) is 3.88. The van der Waals surface area contributed by atoms with Crippen LogP contribution in [-0.4, -0.2) is 31.7 Å². The van der Waals surface area contributed by atoms with Crippen molar-refractivity contribution in [3.63, 3.8) is 0 Å². The number of nitrogens with one attached hydrogen (secondary N) is 1. The average Bonchev–Trinajstić information content (AvgIpc) is 3.01. The number of nitrogens with two attached hydrogens (primary N) is 1. The summed E-state index contributed by atoms with van der Waals surface area (Å²) in [5.41, 5.74) is 7.94. The Hall–Kier alpha value is -2.48. The van der Waals surface area contributed by atoms with E-state index >= 15 is 0 Å². The van der Waals surface area contributed by atoms with Crippen LogP contribution in [0.1, 0.15) is 17.8 Å². The van der Waals surface area contributed by atoms with Crippen molar-refractivity contribution in [2.45, 2.75) is 19.8 Å². The zero-order chi connectivity index (χ0) is 16.9.